The predicted octanol–water partition coefficient (Wildman–Crippen LogP) is 5.56. The maximum atomic E-state index is 2.55. The molecule has 0 N–H and O–H groups in total. The fraction of sp³-hybridized carbons (Fsp3) is 1.00. The molecule has 1 heterocycles. The first kappa shape index (κ1) is 37.3. The molecular formula is C29H67N5S. The fourth-order valence-corrected chi connectivity index (χ4v) is 4.16. The summed E-state index contributed by atoms with van der Waals surface area (Å²) in [7, 11) is 6.54. The zero-order valence-electron chi connectivity index (χ0n) is 26.8. The molecule has 0 aliphatic carbocycles. The summed E-state index contributed by atoms with van der Waals surface area (Å²) in [6.07, 6.45) is 0. The van der Waals surface area contributed by atoms with Gasteiger partial charge in [0, 0.05) is 81.8 Å². The van der Waals surface area contributed by atoms with Crippen LogP contribution in [0.4, 0.5) is 0 Å². The second-order valence-corrected chi connectivity index (χ2v) is 13.6. The highest BCUT2D eigenvalue weighted by Crippen LogP contribution is 2.09. The molecule has 1 aliphatic rings. The van der Waals surface area contributed by atoms with Crippen LogP contribution in [-0.4, -0.2) is 133 Å². The van der Waals surface area contributed by atoms with Crippen molar-refractivity contribution in [3.63, 3.8) is 0 Å². The number of hydrogen-bond donors (Lipinski definition) is 0. The van der Waals surface area contributed by atoms with E-state index in [2.05, 4.69) is 129 Å². The molecule has 0 aromatic carbocycles. The lowest BCUT2D eigenvalue weighted by molar-refractivity contribution is 0.0887. The molecule has 1 aliphatic heterocycles. The second-order valence-electron chi connectivity index (χ2n) is 11.9. The standard InChI is InChI=1S/C10H22N2.C10H24N2.C9H21NS/c1-9(2)11-5-7-12(8-6-11)10(3)4;1-9(2)11(5)7-8-12(6)10(3)4;1-8(2)10(5)6-7-11-9(3)4/h9-10H,5-8H2,1-4H3;9-10H,7-8H2,1-6H3;8-9H,6-7H2,1-5H3. The van der Waals surface area contributed by atoms with Crippen LogP contribution < -0.4 is 0 Å². The van der Waals surface area contributed by atoms with E-state index in [9.17, 15) is 0 Å². The first-order valence-corrected chi connectivity index (χ1v) is 15.3. The van der Waals surface area contributed by atoms with Gasteiger partial charge in [0.15, 0.2) is 0 Å². The number of nitrogens with zero attached hydrogens (tertiary/aromatic N) is 5. The van der Waals surface area contributed by atoms with Gasteiger partial charge < -0.3 is 14.7 Å². The molecule has 0 unspecified atom stereocenters. The average molecular weight is 518 g/mol. The van der Waals surface area contributed by atoms with Crippen molar-refractivity contribution in [2.24, 2.45) is 0 Å². The third-order valence-corrected chi connectivity index (χ3v) is 8.24. The lowest BCUT2D eigenvalue weighted by atomic mass is 10.2. The van der Waals surface area contributed by atoms with E-state index in [1.165, 1.54) is 38.5 Å². The lowest BCUT2D eigenvalue weighted by Gasteiger charge is -2.38. The molecule has 1 fully saturated rings. The van der Waals surface area contributed by atoms with Crippen LogP contribution in [0.5, 0.6) is 0 Å². The van der Waals surface area contributed by atoms with Gasteiger partial charge in [0.25, 0.3) is 0 Å². The topological polar surface area (TPSA) is 16.2 Å². The second kappa shape index (κ2) is 21.1. The van der Waals surface area contributed by atoms with Gasteiger partial charge in [-0.15, -0.1) is 0 Å². The van der Waals surface area contributed by atoms with Crippen LogP contribution >= 0.6 is 11.8 Å². The molecule has 1 saturated heterocycles. The van der Waals surface area contributed by atoms with E-state index in [1.807, 2.05) is 11.8 Å². The van der Waals surface area contributed by atoms with E-state index in [1.54, 1.807) is 0 Å². The molecule has 214 valence electrons. The molecule has 0 aromatic rings. The van der Waals surface area contributed by atoms with Crippen LogP contribution in [0.15, 0.2) is 0 Å². The van der Waals surface area contributed by atoms with Crippen molar-refractivity contribution in [1.29, 1.82) is 0 Å². The van der Waals surface area contributed by atoms with Crippen molar-refractivity contribution in [1.82, 2.24) is 24.5 Å². The van der Waals surface area contributed by atoms with E-state index in [0.717, 1.165) is 30.4 Å². The lowest BCUT2D eigenvalue weighted by Crippen LogP contribution is -2.50. The molecule has 0 saturated carbocycles. The third kappa shape index (κ3) is 20.8. The van der Waals surface area contributed by atoms with E-state index in [-0.39, 0.29) is 0 Å². The predicted molar refractivity (Wildman–Crippen MR) is 164 cm³/mol. The highest BCUT2D eigenvalue weighted by atomic mass is 32.2. The monoisotopic (exact) mass is 518 g/mol. The minimum absolute atomic E-state index is 0.658. The van der Waals surface area contributed by atoms with Gasteiger partial charge in [-0.3, -0.25) is 9.80 Å². The van der Waals surface area contributed by atoms with Crippen molar-refractivity contribution in [2.45, 2.75) is 119 Å². The van der Waals surface area contributed by atoms with Gasteiger partial charge in [-0.1, -0.05) is 13.8 Å². The molecule has 0 aromatic heterocycles. The summed E-state index contributed by atoms with van der Waals surface area (Å²) in [4.78, 5) is 12.2. The Bertz CT molecular complexity index is 430. The van der Waals surface area contributed by atoms with Crippen molar-refractivity contribution in [3.05, 3.63) is 0 Å². The zero-order chi connectivity index (χ0) is 27.7. The van der Waals surface area contributed by atoms with Crippen molar-refractivity contribution in [3.8, 4) is 0 Å². The smallest absolute Gasteiger partial charge is 0.0113 e. The van der Waals surface area contributed by atoms with Gasteiger partial charge in [-0.25, -0.2) is 0 Å². The number of thioether (sulfide) groups is 1. The van der Waals surface area contributed by atoms with Crippen LogP contribution in [-0.2, 0) is 0 Å². The highest BCUT2D eigenvalue weighted by molar-refractivity contribution is 7.99. The van der Waals surface area contributed by atoms with Crippen molar-refractivity contribution in [2.75, 3.05) is 72.7 Å². The van der Waals surface area contributed by atoms with Gasteiger partial charge in [-0.05, 0) is 95.6 Å². The van der Waals surface area contributed by atoms with Gasteiger partial charge in [0.05, 0.1) is 0 Å². The van der Waals surface area contributed by atoms with Gasteiger partial charge in [-0.2, -0.15) is 11.8 Å². The van der Waals surface area contributed by atoms with Gasteiger partial charge in [0.1, 0.15) is 0 Å². The summed E-state index contributed by atoms with van der Waals surface area (Å²) >= 11 is 2.04. The Balaban J connectivity index is 0. The number of hydrogen-bond acceptors (Lipinski definition) is 6. The van der Waals surface area contributed by atoms with E-state index in [0.29, 0.717) is 18.1 Å². The molecular weight excluding hydrogens is 450 g/mol. The summed E-state index contributed by atoms with van der Waals surface area (Å²) in [5, 5.41) is 0.774. The van der Waals surface area contributed by atoms with Crippen molar-refractivity contribution < 1.29 is 0 Å². The number of piperazine rings is 1. The molecule has 0 atom stereocenters. The normalized spacial score (nSPS) is 15.8. The third-order valence-electron chi connectivity index (χ3n) is 7.15. The molecule has 0 spiro atoms. The summed E-state index contributed by atoms with van der Waals surface area (Å²) in [6.45, 7) is 35.5. The van der Waals surface area contributed by atoms with Gasteiger partial charge >= 0.3 is 0 Å². The molecule has 0 radical (unpaired) electrons. The number of likely N-dealkylation sites (N-methyl/N-ethyl adjacent to an activating group) is 2. The fourth-order valence-electron chi connectivity index (χ4n) is 3.29. The SMILES string of the molecule is CC(C)N(C)CCN(C)C(C)C.CC(C)N1CCN(C(C)C)CC1.CC(C)SCCN(C)C(C)C. The molecule has 5 nitrogen and oxygen atoms in total. The highest BCUT2D eigenvalue weighted by Gasteiger charge is 2.19. The Labute approximate surface area is 227 Å². The van der Waals surface area contributed by atoms with E-state index < -0.39 is 0 Å². The minimum Gasteiger partial charge on any atom is -0.303 e. The summed E-state index contributed by atoms with van der Waals surface area (Å²) in [5.74, 6) is 1.26. The Hall–Kier alpha value is 0.150. The van der Waals surface area contributed by atoms with Crippen LogP contribution in [0.1, 0.15) is 83.1 Å². The molecule has 6 heteroatoms. The zero-order valence-corrected chi connectivity index (χ0v) is 27.6. The molecule has 0 bridgehead atoms. The maximum absolute atomic E-state index is 2.55. The molecule has 35 heavy (non-hydrogen) atoms. The van der Waals surface area contributed by atoms with Crippen LogP contribution in [0.25, 0.3) is 0 Å². The van der Waals surface area contributed by atoms with Crippen LogP contribution in [0.2, 0.25) is 0 Å². The Morgan fingerprint density at radius 2 is 0.800 bits per heavy atom. The maximum Gasteiger partial charge on any atom is 0.0113 e. The largest absolute Gasteiger partial charge is 0.303 e. The molecule has 0 amide bonds. The Morgan fingerprint density at radius 1 is 0.514 bits per heavy atom. The quantitative estimate of drug-likeness (QED) is 0.335. The average Bonchev–Trinajstić information content (AvgIpc) is 2.77. The Morgan fingerprint density at radius 3 is 1.03 bits per heavy atom. The van der Waals surface area contributed by atoms with Crippen LogP contribution in [0, 0.1) is 0 Å². The minimum atomic E-state index is 0.658. The van der Waals surface area contributed by atoms with Crippen LogP contribution in [0.3, 0.4) is 0 Å². The summed E-state index contributed by atoms with van der Waals surface area (Å²) in [5.41, 5.74) is 0. The molecule has 1 rings (SSSR count). The van der Waals surface area contributed by atoms with Gasteiger partial charge in [0.2, 0.25) is 0 Å². The van der Waals surface area contributed by atoms with E-state index >= 15 is 0 Å². The van der Waals surface area contributed by atoms with E-state index in [4.69, 9.17) is 0 Å². The first-order valence-electron chi connectivity index (χ1n) is 14.3. The first-order chi connectivity index (χ1) is 16.1. The Kier molecular flexibility index (Phi) is 22.5. The summed E-state index contributed by atoms with van der Waals surface area (Å²) < 4.78 is 0. The number of rotatable bonds is 12. The van der Waals surface area contributed by atoms with Crippen molar-refractivity contribution >= 4 is 11.8 Å². The summed E-state index contributed by atoms with van der Waals surface area (Å²) in [6, 6.07) is 3.44.